The van der Waals surface area contributed by atoms with Crippen molar-refractivity contribution in [2.75, 3.05) is 31.6 Å². The number of benzene rings is 4. The Labute approximate surface area is 345 Å². The minimum absolute atomic E-state index is 0.0578. The molecular weight excluding hydrogens is 801 g/mol. The Bertz CT molecular complexity index is 2510. The predicted octanol–water partition coefficient (Wildman–Crippen LogP) is 11.8. The van der Waals surface area contributed by atoms with Crippen LogP contribution in [0.5, 0.6) is 0 Å². The Kier molecular flexibility index (Phi) is 11.6. The van der Waals surface area contributed by atoms with Crippen molar-refractivity contribution in [3.63, 3.8) is 0 Å². The first-order valence-electron chi connectivity index (χ1n) is 19.8. The van der Waals surface area contributed by atoms with E-state index in [9.17, 15) is 39.6 Å². The Morgan fingerprint density at radius 1 is 0.700 bits per heavy atom. The van der Waals surface area contributed by atoms with E-state index >= 15 is 0 Å². The van der Waals surface area contributed by atoms with Gasteiger partial charge in [0.25, 0.3) is 11.8 Å². The molecule has 1 N–H and O–H groups in total. The number of unbranched alkanes of at least 4 members (excludes halogenated alkanes) is 2. The summed E-state index contributed by atoms with van der Waals surface area (Å²) >= 11 is 0. The van der Waals surface area contributed by atoms with Crippen molar-refractivity contribution in [3.05, 3.63) is 132 Å². The topological polar surface area (TPSA) is 72.7 Å². The monoisotopic (exact) mass is 850 g/mol. The van der Waals surface area contributed by atoms with Gasteiger partial charge in [-0.2, -0.15) is 4.58 Å². The zero-order valence-corrected chi connectivity index (χ0v) is 35.1. The molecule has 14 heteroatoms. The number of allylic oxidation sites excluding steroid dienone is 6. The maximum atomic E-state index is 12.5. The van der Waals surface area contributed by atoms with Crippen molar-refractivity contribution in [2.45, 2.75) is 64.2 Å². The van der Waals surface area contributed by atoms with Gasteiger partial charge >= 0.3 is 33.0 Å². The van der Waals surface area contributed by atoms with Gasteiger partial charge in [0.15, 0.2) is 5.71 Å². The zero-order chi connectivity index (χ0) is 43.7. The summed E-state index contributed by atoms with van der Waals surface area (Å²) in [6, 6.07) is 26.3. The van der Waals surface area contributed by atoms with E-state index in [1.165, 1.54) is 67.6 Å². The van der Waals surface area contributed by atoms with E-state index in [0.29, 0.717) is 6.42 Å². The minimum atomic E-state index is -10.7. The van der Waals surface area contributed by atoms with E-state index in [1.807, 2.05) is 0 Å². The summed E-state index contributed by atoms with van der Waals surface area (Å²) in [5, 5.41) is 7.96. The predicted molar refractivity (Wildman–Crippen MR) is 229 cm³/mol. The number of hydrogen-bond acceptors (Lipinski definition) is 4. The number of nitrogens with one attached hydrogen (secondary N) is 1. The average molecular weight is 851 g/mol. The molecule has 0 aliphatic carbocycles. The molecule has 0 aromatic heterocycles. The second-order valence-corrected chi connectivity index (χ2v) is 18.2. The van der Waals surface area contributed by atoms with E-state index in [4.69, 9.17) is 0 Å². The number of carbonyl (C=O) groups is 3. The number of hydrogen-bond donors (Lipinski definition) is 1. The summed E-state index contributed by atoms with van der Waals surface area (Å²) in [6.45, 7) is 10.6. The van der Waals surface area contributed by atoms with Gasteiger partial charge in [0.2, 0.25) is 11.6 Å². The Morgan fingerprint density at radius 2 is 1.28 bits per heavy atom. The molecule has 7 rings (SSSR count). The van der Waals surface area contributed by atoms with Gasteiger partial charge in [-0.05, 0) is 72.0 Å². The molecule has 3 amide bonds. The fourth-order valence-electron chi connectivity index (χ4n) is 8.61. The van der Waals surface area contributed by atoms with E-state index in [2.05, 4.69) is 153 Å². The summed E-state index contributed by atoms with van der Waals surface area (Å²) in [5.41, 5.74) is 7.43. The molecule has 318 valence electrons. The molecule has 7 nitrogen and oxygen atoms in total. The van der Waals surface area contributed by atoms with E-state index < -0.39 is 7.81 Å². The molecule has 0 spiro atoms. The standard InChI is InChI=1S/C46H48N4O3.F6P/c1-45(2)38(48(5)36-25-23-32-16-11-13-18-34(32)43(36)45)20-8-6-9-21-39-46(3,4)44-35-19-14-12-17-33(35)24-26-37(44)49(39)30-15-7-10-22-40(51)47-29-31-50-41(52)27-28-42(50)53;1-7(2,3,4,5)6/h6,8-9,11-14,16-21,23-28H,7,10,15,22,29-31H2,1-5H3;/q;-1/p+1. The number of fused-ring (bicyclic) bond motifs is 6. The van der Waals surface area contributed by atoms with Crippen LogP contribution in [0.2, 0.25) is 0 Å². The summed E-state index contributed by atoms with van der Waals surface area (Å²) in [6.07, 6.45) is 16.6. The van der Waals surface area contributed by atoms with Crippen LogP contribution in [0.3, 0.4) is 0 Å². The first-order valence-corrected chi connectivity index (χ1v) is 21.8. The van der Waals surface area contributed by atoms with Crippen LogP contribution in [0.1, 0.15) is 64.5 Å². The van der Waals surface area contributed by atoms with Gasteiger partial charge < -0.3 is 10.2 Å². The van der Waals surface area contributed by atoms with Crippen molar-refractivity contribution < 1.29 is 44.1 Å². The molecule has 0 atom stereocenters. The molecule has 3 heterocycles. The third kappa shape index (κ3) is 10.1. The van der Waals surface area contributed by atoms with E-state index in [1.54, 1.807) is 0 Å². The fourth-order valence-corrected chi connectivity index (χ4v) is 8.61. The van der Waals surface area contributed by atoms with Gasteiger partial charge in [0, 0.05) is 72.7 Å². The van der Waals surface area contributed by atoms with Gasteiger partial charge in [-0.25, -0.2) is 0 Å². The molecule has 60 heavy (non-hydrogen) atoms. The summed E-state index contributed by atoms with van der Waals surface area (Å²) < 4.78 is 61.5. The molecule has 0 bridgehead atoms. The number of anilines is 1. The van der Waals surface area contributed by atoms with E-state index in [-0.39, 0.29) is 41.6 Å². The summed E-state index contributed by atoms with van der Waals surface area (Å²) in [4.78, 5) is 39.6. The Morgan fingerprint density at radius 3 is 1.92 bits per heavy atom. The quantitative estimate of drug-likeness (QED) is 0.0385. The Balaban J connectivity index is 0.000000793. The maximum absolute atomic E-state index is 12.5. The van der Waals surface area contributed by atoms with Crippen LogP contribution in [0.25, 0.3) is 21.5 Å². The normalized spacial score (nSPS) is 18.8. The van der Waals surface area contributed by atoms with Crippen LogP contribution in [-0.2, 0) is 25.2 Å². The SMILES string of the molecule is C[N+]1=C(/C=C/C=C/C=C2/N(CCCCCC(=O)NCCN3C(=O)C=CC3=O)c3ccc4ccccc4c3C2(C)C)C(C)(C)c2c1ccc1ccccc21.F[P-](F)(F)(F)(F)F. The third-order valence-electron chi connectivity index (χ3n) is 11.2. The van der Waals surface area contributed by atoms with E-state index in [0.717, 1.165) is 30.7 Å². The molecule has 3 aliphatic heterocycles. The van der Waals surface area contributed by atoms with Gasteiger partial charge in [0.1, 0.15) is 7.05 Å². The average Bonchev–Trinajstić information content (AvgIpc) is 3.68. The molecule has 4 aromatic rings. The van der Waals surface area contributed by atoms with Gasteiger partial charge in [-0.15, -0.1) is 0 Å². The number of imide groups is 1. The molecule has 0 unspecified atom stereocenters. The molecule has 4 aromatic carbocycles. The van der Waals surface area contributed by atoms with Crippen molar-refractivity contribution in [3.8, 4) is 0 Å². The van der Waals surface area contributed by atoms with Crippen LogP contribution in [-0.4, -0.2) is 59.6 Å². The number of halogens is 6. The third-order valence-corrected chi connectivity index (χ3v) is 11.2. The fraction of sp³-hybridized carbons (Fsp3) is 0.304. The van der Waals surface area contributed by atoms with Crippen LogP contribution >= 0.6 is 7.81 Å². The zero-order valence-electron chi connectivity index (χ0n) is 34.2. The molecule has 0 saturated carbocycles. The number of carbonyl (C=O) groups excluding carboxylic acids is 3. The molecular formula is C46H49F6N4O3P. The molecule has 0 fully saturated rings. The number of rotatable bonds is 12. The van der Waals surface area contributed by atoms with Crippen LogP contribution in [0.15, 0.2) is 121 Å². The van der Waals surface area contributed by atoms with Crippen LogP contribution < -0.4 is 10.2 Å². The molecule has 0 saturated heterocycles. The van der Waals surface area contributed by atoms with Crippen LogP contribution in [0.4, 0.5) is 36.6 Å². The number of nitrogens with zero attached hydrogens (tertiary/aromatic N) is 3. The first-order chi connectivity index (χ1) is 27.9. The van der Waals surface area contributed by atoms with Gasteiger partial charge in [0.05, 0.1) is 5.41 Å². The second-order valence-electron chi connectivity index (χ2n) is 16.3. The second kappa shape index (κ2) is 15.8. The molecule has 0 radical (unpaired) electrons. The molecule has 3 aliphatic rings. The van der Waals surface area contributed by atoms with Crippen molar-refractivity contribution in [1.82, 2.24) is 10.2 Å². The summed E-state index contributed by atoms with van der Waals surface area (Å²) in [7, 11) is -8.49. The van der Waals surface area contributed by atoms with Gasteiger partial charge in [-0.3, -0.25) is 19.3 Å². The Hall–Kier alpha value is -5.55. The van der Waals surface area contributed by atoms with Crippen molar-refractivity contribution in [1.29, 1.82) is 0 Å². The van der Waals surface area contributed by atoms with Crippen molar-refractivity contribution >= 4 is 64.2 Å². The summed E-state index contributed by atoms with van der Waals surface area (Å²) in [5.74, 6) is -0.716. The number of amides is 3. The van der Waals surface area contributed by atoms with Crippen molar-refractivity contribution in [2.24, 2.45) is 0 Å². The first kappa shape index (κ1) is 44.0. The van der Waals surface area contributed by atoms with Gasteiger partial charge in [-0.1, -0.05) is 93.1 Å². The van der Waals surface area contributed by atoms with Crippen LogP contribution in [0, 0.1) is 0 Å².